The molecule has 0 bridgehead atoms. The Morgan fingerprint density at radius 1 is 1.04 bits per heavy atom. The summed E-state index contributed by atoms with van der Waals surface area (Å²) in [5.74, 6) is 0.810. The summed E-state index contributed by atoms with van der Waals surface area (Å²) >= 11 is 0. The maximum atomic E-state index is 12.6. The van der Waals surface area contributed by atoms with Crippen molar-refractivity contribution in [2.45, 2.75) is 45.7 Å². The van der Waals surface area contributed by atoms with Crippen LogP contribution >= 0.6 is 0 Å². The molecule has 27 heavy (non-hydrogen) atoms. The van der Waals surface area contributed by atoms with Gasteiger partial charge in [0.25, 0.3) is 5.91 Å². The van der Waals surface area contributed by atoms with E-state index in [0.717, 1.165) is 17.9 Å². The van der Waals surface area contributed by atoms with Gasteiger partial charge in [-0.3, -0.25) is 9.69 Å². The second-order valence-corrected chi connectivity index (χ2v) is 7.23. The first-order valence-corrected chi connectivity index (χ1v) is 10.0. The summed E-state index contributed by atoms with van der Waals surface area (Å²) in [6.07, 6.45) is 3.94. The number of ether oxygens (including phenoxy) is 1. The molecule has 1 aliphatic heterocycles. The number of nitrogens with zero attached hydrogens (tertiary/aromatic N) is 1. The number of carbonyl (C=O) groups is 1. The molecule has 1 atom stereocenters. The zero-order valence-corrected chi connectivity index (χ0v) is 16.4. The number of rotatable bonds is 7. The molecule has 2 aromatic rings. The zero-order chi connectivity index (χ0) is 19.1. The molecule has 0 saturated carbocycles. The SMILES string of the molecule is CCOc1ccc([C@@H](C)NC(=O)c2ccc(CN3CCCCC3)cc2)cc1. The van der Waals surface area contributed by atoms with Gasteiger partial charge in [-0.05, 0) is 75.2 Å². The van der Waals surface area contributed by atoms with Gasteiger partial charge in [-0.1, -0.05) is 30.7 Å². The number of carbonyl (C=O) groups excluding carboxylic acids is 1. The van der Waals surface area contributed by atoms with Crippen LogP contribution in [-0.2, 0) is 6.54 Å². The first kappa shape index (κ1) is 19.4. The average molecular weight is 367 g/mol. The Labute approximate surface area is 162 Å². The Kier molecular flexibility index (Phi) is 6.88. The van der Waals surface area contributed by atoms with Crippen LogP contribution in [0.4, 0.5) is 0 Å². The van der Waals surface area contributed by atoms with E-state index in [1.165, 1.54) is 37.9 Å². The van der Waals surface area contributed by atoms with Crippen molar-refractivity contribution in [1.82, 2.24) is 10.2 Å². The van der Waals surface area contributed by atoms with Crippen LogP contribution in [0.1, 0.15) is 60.6 Å². The van der Waals surface area contributed by atoms with Crippen LogP contribution in [0.15, 0.2) is 48.5 Å². The molecule has 0 radical (unpaired) electrons. The van der Waals surface area contributed by atoms with E-state index in [1.54, 1.807) is 0 Å². The third-order valence-electron chi connectivity index (χ3n) is 5.11. The number of amides is 1. The van der Waals surface area contributed by atoms with Gasteiger partial charge < -0.3 is 10.1 Å². The quantitative estimate of drug-likeness (QED) is 0.781. The van der Waals surface area contributed by atoms with Crippen LogP contribution in [-0.4, -0.2) is 30.5 Å². The second-order valence-electron chi connectivity index (χ2n) is 7.23. The summed E-state index contributed by atoms with van der Waals surface area (Å²) < 4.78 is 5.47. The molecule has 1 saturated heterocycles. The molecule has 0 spiro atoms. The highest BCUT2D eigenvalue weighted by atomic mass is 16.5. The predicted molar refractivity (Wildman–Crippen MR) is 109 cm³/mol. The Hall–Kier alpha value is -2.33. The van der Waals surface area contributed by atoms with E-state index in [4.69, 9.17) is 4.74 Å². The van der Waals surface area contributed by atoms with Gasteiger partial charge in [0.1, 0.15) is 5.75 Å². The largest absolute Gasteiger partial charge is 0.494 e. The molecular weight excluding hydrogens is 336 g/mol. The molecule has 4 nitrogen and oxygen atoms in total. The Morgan fingerprint density at radius 3 is 2.33 bits per heavy atom. The topological polar surface area (TPSA) is 41.6 Å². The van der Waals surface area contributed by atoms with E-state index >= 15 is 0 Å². The van der Waals surface area contributed by atoms with Crippen molar-refractivity contribution in [3.8, 4) is 5.75 Å². The lowest BCUT2D eigenvalue weighted by atomic mass is 10.1. The highest BCUT2D eigenvalue weighted by Crippen LogP contribution is 2.18. The van der Waals surface area contributed by atoms with Gasteiger partial charge in [0.2, 0.25) is 0 Å². The first-order valence-electron chi connectivity index (χ1n) is 10.0. The van der Waals surface area contributed by atoms with Crippen LogP contribution in [0.25, 0.3) is 0 Å². The van der Waals surface area contributed by atoms with Crippen LogP contribution in [0.5, 0.6) is 5.75 Å². The van der Waals surface area contributed by atoms with Gasteiger partial charge in [0.05, 0.1) is 12.6 Å². The molecule has 4 heteroatoms. The van der Waals surface area contributed by atoms with E-state index in [0.29, 0.717) is 12.2 Å². The molecule has 1 heterocycles. The molecule has 1 amide bonds. The van der Waals surface area contributed by atoms with Gasteiger partial charge >= 0.3 is 0 Å². The third-order valence-corrected chi connectivity index (χ3v) is 5.11. The van der Waals surface area contributed by atoms with Gasteiger partial charge in [0.15, 0.2) is 0 Å². The fourth-order valence-electron chi connectivity index (χ4n) is 3.52. The fraction of sp³-hybridized carbons (Fsp3) is 0.435. The lowest BCUT2D eigenvalue weighted by Gasteiger charge is -2.26. The molecule has 1 aliphatic rings. The van der Waals surface area contributed by atoms with Crippen molar-refractivity contribution in [2.75, 3.05) is 19.7 Å². The zero-order valence-electron chi connectivity index (χ0n) is 16.4. The average Bonchev–Trinajstić information content (AvgIpc) is 2.70. The minimum absolute atomic E-state index is 0.0408. The van der Waals surface area contributed by atoms with Crippen molar-refractivity contribution < 1.29 is 9.53 Å². The maximum absolute atomic E-state index is 12.6. The summed E-state index contributed by atoms with van der Waals surface area (Å²) in [5, 5.41) is 3.07. The molecule has 1 N–H and O–H groups in total. The van der Waals surface area contributed by atoms with Crippen molar-refractivity contribution in [1.29, 1.82) is 0 Å². The number of benzene rings is 2. The molecule has 2 aromatic carbocycles. The van der Waals surface area contributed by atoms with Crippen molar-refractivity contribution >= 4 is 5.91 Å². The van der Waals surface area contributed by atoms with Crippen LogP contribution in [0.2, 0.25) is 0 Å². The monoisotopic (exact) mass is 366 g/mol. The summed E-state index contributed by atoms with van der Waals surface area (Å²) in [6.45, 7) is 7.96. The normalized spacial score (nSPS) is 15.9. The maximum Gasteiger partial charge on any atom is 0.251 e. The highest BCUT2D eigenvalue weighted by Gasteiger charge is 2.13. The minimum Gasteiger partial charge on any atom is -0.494 e. The summed E-state index contributed by atoms with van der Waals surface area (Å²) in [4.78, 5) is 15.0. The van der Waals surface area contributed by atoms with E-state index < -0.39 is 0 Å². The van der Waals surface area contributed by atoms with Gasteiger partial charge in [-0.15, -0.1) is 0 Å². The van der Waals surface area contributed by atoms with E-state index in [-0.39, 0.29) is 11.9 Å². The fourth-order valence-corrected chi connectivity index (χ4v) is 3.52. The molecule has 144 valence electrons. The third kappa shape index (κ3) is 5.57. The first-order chi connectivity index (χ1) is 13.2. The lowest BCUT2D eigenvalue weighted by molar-refractivity contribution is 0.0940. The Bertz CT molecular complexity index is 719. The molecular formula is C23H30N2O2. The smallest absolute Gasteiger partial charge is 0.251 e. The van der Waals surface area contributed by atoms with Crippen molar-refractivity contribution in [3.63, 3.8) is 0 Å². The van der Waals surface area contributed by atoms with E-state index in [2.05, 4.69) is 22.3 Å². The van der Waals surface area contributed by atoms with Crippen molar-refractivity contribution in [3.05, 3.63) is 65.2 Å². The van der Waals surface area contributed by atoms with Crippen LogP contribution < -0.4 is 10.1 Å². The second kappa shape index (κ2) is 9.56. The van der Waals surface area contributed by atoms with Crippen molar-refractivity contribution in [2.24, 2.45) is 0 Å². The van der Waals surface area contributed by atoms with Crippen LogP contribution in [0.3, 0.4) is 0 Å². The molecule has 0 aliphatic carbocycles. The number of nitrogens with one attached hydrogen (secondary N) is 1. The van der Waals surface area contributed by atoms with Crippen LogP contribution in [0, 0.1) is 0 Å². The number of piperidine rings is 1. The number of likely N-dealkylation sites (tertiary alicyclic amines) is 1. The lowest BCUT2D eigenvalue weighted by Crippen LogP contribution is -2.29. The van der Waals surface area contributed by atoms with Gasteiger partial charge in [-0.25, -0.2) is 0 Å². The summed E-state index contributed by atoms with van der Waals surface area (Å²) in [6, 6.07) is 15.8. The van der Waals surface area contributed by atoms with E-state index in [9.17, 15) is 4.79 Å². The Morgan fingerprint density at radius 2 is 1.70 bits per heavy atom. The number of hydrogen-bond donors (Lipinski definition) is 1. The van der Waals surface area contributed by atoms with Gasteiger partial charge in [-0.2, -0.15) is 0 Å². The molecule has 3 rings (SSSR count). The predicted octanol–water partition coefficient (Wildman–Crippen LogP) is 4.56. The Balaban J connectivity index is 1.55. The summed E-state index contributed by atoms with van der Waals surface area (Å²) in [5.41, 5.74) is 3.04. The van der Waals surface area contributed by atoms with Gasteiger partial charge in [0, 0.05) is 12.1 Å². The molecule has 1 fully saturated rings. The summed E-state index contributed by atoms with van der Waals surface area (Å²) in [7, 11) is 0. The molecule has 0 aromatic heterocycles. The number of hydrogen-bond acceptors (Lipinski definition) is 3. The molecule has 0 unspecified atom stereocenters. The minimum atomic E-state index is -0.0544. The standard InChI is InChI=1S/C23H30N2O2/c1-3-27-22-13-11-20(12-14-22)18(2)24-23(26)21-9-7-19(8-10-21)17-25-15-5-4-6-16-25/h7-14,18H,3-6,15-17H2,1-2H3,(H,24,26)/t18-/m1/s1. The highest BCUT2D eigenvalue weighted by molar-refractivity contribution is 5.94. The van der Waals surface area contributed by atoms with E-state index in [1.807, 2.05) is 50.2 Å².